The van der Waals surface area contributed by atoms with Crippen LogP contribution in [0.25, 0.3) is 0 Å². The van der Waals surface area contributed by atoms with E-state index in [9.17, 15) is 8.42 Å². The highest BCUT2D eigenvalue weighted by molar-refractivity contribution is 7.89. The summed E-state index contributed by atoms with van der Waals surface area (Å²) in [5, 5.41) is 12.0. The minimum absolute atomic E-state index is 0.109. The van der Waals surface area contributed by atoms with E-state index in [-0.39, 0.29) is 10.3 Å². The Balaban J connectivity index is 2.08. The van der Waals surface area contributed by atoms with E-state index in [0.29, 0.717) is 18.7 Å². The Morgan fingerprint density at radius 3 is 2.36 bits per heavy atom. The minimum atomic E-state index is -3.67. The average molecular weight is 411 g/mol. The van der Waals surface area contributed by atoms with Crippen LogP contribution in [0.3, 0.4) is 0 Å². The third-order valence-electron chi connectivity index (χ3n) is 5.80. The largest absolute Gasteiger partial charge is 0.378 e. The number of rotatable bonds is 9. The van der Waals surface area contributed by atoms with Crippen molar-refractivity contribution in [2.24, 2.45) is 15.5 Å². The molecule has 1 aromatic rings. The van der Waals surface area contributed by atoms with Crippen molar-refractivity contribution in [1.82, 2.24) is 10.6 Å². The quantitative estimate of drug-likeness (QED) is 0.428. The SMILES string of the molecule is CCNC(=NCc1ccc(S(N)(=O)=O)cc1)NC1CC(OCC)C1(CC)CC. The highest BCUT2D eigenvalue weighted by atomic mass is 32.2. The molecule has 0 spiro atoms. The zero-order valence-electron chi connectivity index (χ0n) is 17.4. The Morgan fingerprint density at radius 1 is 1.21 bits per heavy atom. The van der Waals surface area contributed by atoms with Crippen LogP contribution >= 0.6 is 0 Å². The molecule has 0 bridgehead atoms. The predicted octanol–water partition coefficient (Wildman–Crippen LogP) is 2.37. The summed E-state index contributed by atoms with van der Waals surface area (Å²) in [4.78, 5) is 4.78. The van der Waals surface area contributed by atoms with Gasteiger partial charge in [0.15, 0.2) is 5.96 Å². The molecule has 1 fully saturated rings. The van der Waals surface area contributed by atoms with Crippen molar-refractivity contribution in [2.75, 3.05) is 13.2 Å². The third-order valence-corrected chi connectivity index (χ3v) is 6.73. The van der Waals surface area contributed by atoms with Crippen molar-refractivity contribution in [3.05, 3.63) is 29.8 Å². The molecule has 2 atom stereocenters. The number of aliphatic imine (C=N–C) groups is 1. The number of nitrogens with zero attached hydrogens (tertiary/aromatic N) is 1. The molecule has 7 nitrogen and oxygen atoms in total. The second-order valence-corrected chi connectivity index (χ2v) is 8.76. The summed E-state index contributed by atoms with van der Waals surface area (Å²) >= 11 is 0. The number of nitrogens with two attached hydrogens (primary N) is 1. The van der Waals surface area contributed by atoms with Crippen LogP contribution in [-0.2, 0) is 21.3 Å². The van der Waals surface area contributed by atoms with Crippen LogP contribution in [0.5, 0.6) is 0 Å². The van der Waals surface area contributed by atoms with Gasteiger partial charge < -0.3 is 15.4 Å². The molecule has 4 N–H and O–H groups in total. The lowest BCUT2D eigenvalue weighted by atomic mass is 9.58. The fraction of sp³-hybridized carbons (Fsp3) is 0.650. The molecule has 0 amide bonds. The van der Waals surface area contributed by atoms with Crippen LogP contribution in [-0.4, -0.2) is 39.7 Å². The van der Waals surface area contributed by atoms with Crippen molar-refractivity contribution < 1.29 is 13.2 Å². The van der Waals surface area contributed by atoms with Gasteiger partial charge in [-0.15, -0.1) is 0 Å². The van der Waals surface area contributed by atoms with Gasteiger partial charge in [-0.25, -0.2) is 18.5 Å². The van der Waals surface area contributed by atoms with E-state index in [1.807, 2.05) is 13.8 Å². The number of ether oxygens (including phenoxy) is 1. The van der Waals surface area contributed by atoms with Crippen LogP contribution < -0.4 is 15.8 Å². The second kappa shape index (κ2) is 9.71. The molecule has 1 aliphatic rings. The van der Waals surface area contributed by atoms with Gasteiger partial charge in [-0.05, 0) is 50.8 Å². The molecular formula is C20H34N4O3S. The van der Waals surface area contributed by atoms with E-state index in [2.05, 4.69) is 29.5 Å². The van der Waals surface area contributed by atoms with Gasteiger partial charge in [0.2, 0.25) is 10.0 Å². The van der Waals surface area contributed by atoms with Crippen LogP contribution in [0.4, 0.5) is 0 Å². The Bertz CT molecular complexity index is 758. The fourth-order valence-electron chi connectivity index (χ4n) is 4.02. The molecule has 28 heavy (non-hydrogen) atoms. The van der Waals surface area contributed by atoms with Crippen LogP contribution in [0.15, 0.2) is 34.2 Å². The first-order chi connectivity index (χ1) is 13.3. The summed E-state index contributed by atoms with van der Waals surface area (Å²) in [7, 11) is -3.67. The van der Waals surface area contributed by atoms with Gasteiger partial charge in [0.1, 0.15) is 0 Å². The summed E-state index contributed by atoms with van der Waals surface area (Å²) in [6.07, 6.45) is 3.38. The number of primary sulfonamides is 1. The summed E-state index contributed by atoms with van der Waals surface area (Å²) in [6.45, 7) is 10.5. The highest BCUT2D eigenvalue weighted by Gasteiger charge is 2.53. The Morgan fingerprint density at radius 2 is 1.86 bits per heavy atom. The van der Waals surface area contributed by atoms with E-state index >= 15 is 0 Å². The molecule has 0 aliphatic heterocycles. The molecule has 8 heteroatoms. The summed E-state index contributed by atoms with van der Waals surface area (Å²) in [5.41, 5.74) is 1.05. The molecular weight excluding hydrogens is 376 g/mol. The zero-order valence-corrected chi connectivity index (χ0v) is 18.2. The first-order valence-electron chi connectivity index (χ1n) is 10.1. The summed E-state index contributed by atoms with van der Waals surface area (Å²) < 4.78 is 28.7. The molecule has 0 saturated heterocycles. The van der Waals surface area contributed by atoms with Gasteiger partial charge in [-0.3, -0.25) is 0 Å². The number of sulfonamides is 1. The number of hydrogen-bond donors (Lipinski definition) is 3. The first kappa shape index (κ1) is 22.6. The highest BCUT2D eigenvalue weighted by Crippen LogP contribution is 2.48. The van der Waals surface area contributed by atoms with Gasteiger partial charge in [0.05, 0.1) is 17.5 Å². The number of benzene rings is 1. The van der Waals surface area contributed by atoms with E-state index < -0.39 is 10.0 Å². The minimum Gasteiger partial charge on any atom is -0.378 e. The van der Waals surface area contributed by atoms with Gasteiger partial charge >= 0.3 is 0 Å². The number of guanidine groups is 1. The lowest BCUT2D eigenvalue weighted by Crippen LogP contribution is -2.65. The summed E-state index contributed by atoms with van der Waals surface area (Å²) in [5.74, 6) is 0.768. The van der Waals surface area contributed by atoms with Crippen LogP contribution in [0.1, 0.15) is 52.5 Å². The van der Waals surface area contributed by atoms with E-state index in [0.717, 1.165) is 43.9 Å². The Kier molecular flexibility index (Phi) is 7.86. The van der Waals surface area contributed by atoms with Crippen LogP contribution in [0, 0.1) is 5.41 Å². The van der Waals surface area contributed by atoms with Crippen molar-refractivity contribution in [2.45, 2.75) is 70.5 Å². The second-order valence-electron chi connectivity index (χ2n) is 7.20. The van der Waals surface area contributed by atoms with Crippen LogP contribution in [0.2, 0.25) is 0 Å². The molecule has 2 unspecified atom stereocenters. The molecule has 0 aromatic heterocycles. The maximum absolute atomic E-state index is 11.4. The van der Waals surface area contributed by atoms with Crippen molar-refractivity contribution in [1.29, 1.82) is 0 Å². The lowest BCUT2D eigenvalue weighted by molar-refractivity contribution is -0.133. The van der Waals surface area contributed by atoms with Crippen molar-refractivity contribution >= 4 is 16.0 Å². The maximum Gasteiger partial charge on any atom is 0.238 e. The fourth-order valence-corrected chi connectivity index (χ4v) is 4.54. The average Bonchev–Trinajstić information content (AvgIpc) is 2.66. The monoisotopic (exact) mass is 410 g/mol. The molecule has 0 heterocycles. The topological polar surface area (TPSA) is 106 Å². The Hall–Kier alpha value is -1.64. The molecule has 1 aliphatic carbocycles. The van der Waals surface area contributed by atoms with Crippen molar-refractivity contribution in [3.63, 3.8) is 0 Å². The van der Waals surface area contributed by atoms with Gasteiger partial charge in [0, 0.05) is 24.6 Å². The maximum atomic E-state index is 11.4. The molecule has 1 saturated carbocycles. The lowest BCUT2D eigenvalue weighted by Gasteiger charge is -2.55. The van der Waals surface area contributed by atoms with E-state index in [1.165, 1.54) is 12.1 Å². The van der Waals surface area contributed by atoms with Crippen molar-refractivity contribution in [3.8, 4) is 0 Å². The summed E-state index contributed by atoms with van der Waals surface area (Å²) in [6, 6.07) is 6.82. The normalized spacial score (nSPS) is 21.8. The smallest absolute Gasteiger partial charge is 0.238 e. The molecule has 1 aromatic carbocycles. The molecule has 0 radical (unpaired) electrons. The van der Waals surface area contributed by atoms with E-state index in [1.54, 1.807) is 12.1 Å². The predicted molar refractivity (Wildman–Crippen MR) is 113 cm³/mol. The number of nitrogens with one attached hydrogen (secondary N) is 2. The third kappa shape index (κ3) is 5.04. The first-order valence-corrected chi connectivity index (χ1v) is 11.6. The van der Waals surface area contributed by atoms with E-state index in [4.69, 9.17) is 9.88 Å². The Labute approximate surface area is 169 Å². The molecule has 2 rings (SSSR count). The zero-order chi connectivity index (χ0) is 20.8. The standard InChI is InChI=1S/C20H34N4O3S/c1-5-20(6-2)17(13-18(20)27-8-4)24-19(22-7-3)23-14-15-9-11-16(12-10-15)28(21,25)26/h9-12,17-18H,5-8,13-14H2,1-4H3,(H2,21,25,26)(H2,22,23,24). The molecule has 158 valence electrons. The van der Waals surface area contributed by atoms with Gasteiger partial charge in [-0.2, -0.15) is 0 Å². The number of hydrogen-bond acceptors (Lipinski definition) is 4. The van der Waals surface area contributed by atoms with Gasteiger partial charge in [0.25, 0.3) is 0 Å². The van der Waals surface area contributed by atoms with Gasteiger partial charge in [-0.1, -0.05) is 26.0 Å².